The van der Waals surface area contributed by atoms with Crippen molar-refractivity contribution in [1.29, 1.82) is 0 Å². The van der Waals surface area contributed by atoms with Crippen LogP contribution in [0.2, 0.25) is 0 Å². The van der Waals surface area contributed by atoms with Gasteiger partial charge in [-0.3, -0.25) is 0 Å². The van der Waals surface area contributed by atoms with E-state index in [1.807, 2.05) is 6.92 Å². The van der Waals surface area contributed by atoms with Gasteiger partial charge in [0.05, 0.1) is 0 Å². The summed E-state index contributed by atoms with van der Waals surface area (Å²) >= 11 is 0. The Labute approximate surface area is 105 Å². The van der Waals surface area contributed by atoms with Crippen molar-refractivity contribution in [3.8, 4) is 5.75 Å². The van der Waals surface area contributed by atoms with Crippen molar-refractivity contribution in [2.24, 2.45) is 0 Å². The van der Waals surface area contributed by atoms with Gasteiger partial charge in [0, 0.05) is 0 Å². The van der Waals surface area contributed by atoms with Crippen molar-refractivity contribution in [3.05, 3.63) is 59.9 Å². The minimum absolute atomic E-state index is 0.00338. The molecule has 0 aliphatic rings. The zero-order valence-corrected chi connectivity index (χ0v) is 10.4. The number of hydrogen-bond donors (Lipinski definition) is 0. The van der Waals surface area contributed by atoms with Gasteiger partial charge >= 0.3 is 10.1 Å². The van der Waals surface area contributed by atoms with Gasteiger partial charge in [0.25, 0.3) is 0 Å². The summed E-state index contributed by atoms with van der Waals surface area (Å²) in [6.07, 6.45) is 0. The third kappa shape index (κ3) is 2.68. The third-order valence-corrected chi connectivity index (χ3v) is 3.59. The van der Waals surface area contributed by atoms with E-state index < -0.39 is 15.9 Å². The Balaban J connectivity index is 2.33. The van der Waals surface area contributed by atoms with Crippen LogP contribution in [-0.4, -0.2) is 8.42 Å². The Hall–Kier alpha value is -1.88. The summed E-state index contributed by atoms with van der Waals surface area (Å²) in [4.78, 5) is -0.00338. The predicted octanol–water partition coefficient (Wildman–Crippen LogP) is 2.90. The van der Waals surface area contributed by atoms with E-state index in [4.69, 9.17) is 4.18 Å². The van der Waals surface area contributed by atoms with E-state index >= 15 is 0 Å². The van der Waals surface area contributed by atoms with Gasteiger partial charge in [0.1, 0.15) is 4.90 Å². The monoisotopic (exact) mass is 266 g/mol. The van der Waals surface area contributed by atoms with Crippen molar-refractivity contribution >= 4 is 10.1 Å². The van der Waals surface area contributed by atoms with Gasteiger partial charge in [-0.1, -0.05) is 29.8 Å². The van der Waals surface area contributed by atoms with Crippen LogP contribution in [0.15, 0.2) is 53.4 Å². The number of aryl methyl sites for hydroxylation is 1. The molecule has 0 heterocycles. The van der Waals surface area contributed by atoms with Crippen LogP contribution in [-0.2, 0) is 10.1 Å². The van der Waals surface area contributed by atoms with Gasteiger partial charge in [-0.15, -0.1) is 0 Å². The van der Waals surface area contributed by atoms with Crippen LogP contribution < -0.4 is 4.18 Å². The molecule has 3 nitrogen and oxygen atoms in total. The van der Waals surface area contributed by atoms with Gasteiger partial charge in [-0.25, -0.2) is 4.39 Å². The largest absolute Gasteiger partial charge is 0.376 e. The molecule has 0 unspecified atom stereocenters. The molecule has 0 saturated heterocycles. The lowest BCUT2D eigenvalue weighted by molar-refractivity contribution is 0.461. The van der Waals surface area contributed by atoms with Crippen LogP contribution >= 0.6 is 0 Å². The highest BCUT2D eigenvalue weighted by molar-refractivity contribution is 7.87. The predicted molar refractivity (Wildman–Crippen MR) is 65.4 cm³/mol. The van der Waals surface area contributed by atoms with Crippen molar-refractivity contribution in [1.82, 2.24) is 0 Å². The molecule has 0 atom stereocenters. The van der Waals surface area contributed by atoms with Gasteiger partial charge in [-0.2, -0.15) is 8.42 Å². The maximum Gasteiger partial charge on any atom is 0.339 e. The average molecular weight is 266 g/mol. The molecular weight excluding hydrogens is 255 g/mol. The van der Waals surface area contributed by atoms with Gasteiger partial charge in [-0.05, 0) is 31.2 Å². The van der Waals surface area contributed by atoms with Crippen molar-refractivity contribution in [2.45, 2.75) is 11.8 Å². The zero-order valence-electron chi connectivity index (χ0n) is 9.63. The topological polar surface area (TPSA) is 43.4 Å². The van der Waals surface area contributed by atoms with Crippen LogP contribution in [0, 0.1) is 12.7 Å². The summed E-state index contributed by atoms with van der Waals surface area (Å²) in [5.74, 6) is -1.02. The van der Waals surface area contributed by atoms with E-state index in [0.717, 1.165) is 11.6 Å². The molecule has 2 rings (SSSR count). The highest BCUT2D eigenvalue weighted by Gasteiger charge is 2.18. The fourth-order valence-electron chi connectivity index (χ4n) is 1.38. The molecule has 0 radical (unpaired) electrons. The van der Waals surface area contributed by atoms with Crippen LogP contribution in [0.3, 0.4) is 0 Å². The molecular formula is C13H11FO3S. The molecule has 0 N–H and O–H groups in total. The van der Waals surface area contributed by atoms with E-state index in [2.05, 4.69) is 0 Å². The van der Waals surface area contributed by atoms with Gasteiger partial charge in [0.15, 0.2) is 11.6 Å². The summed E-state index contributed by atoms with van der Waals surface area (Å²) in [5.41, 5.74) is 0.930. The molecule has 0 amide bonds. The molecule has 0 fully saturated rings. The first-order valence-electron chi connectivity index (χ1n) is 5.25. The van der Waals surface area contributed by atoms with Crippen LogP contribution in [0.5, 0.6) is 5.75 Å². The molecule has 0 aromatic heterocycles. The molecule has 18 heavy (non-hydrogen) atoms. The van der Waals surface area contributed by atoms with Crippen LogP contribution in [0.25, 0.3) is 0 Å². The minimum atomic E-state index is -3.99. The summed E-state index contributed by atoms with van der Waals surface area (Å²) in [6, 6.07) is 11.5. The molecule has 94 valence electrons. The van der Waals surface area contributed by atoms with E-state index in [0.29, 0.717) is 0 Å². The number of para-hydroxylation sites is 1. The van der Waals surface area contributed by atoms with Crippen molar-refractivity contribution in [3.63, 3.8) is 0 Å². The lowest BCUT2D eigenvalue weighted by atomic mass is 10.2. The SMILES string of the molecule is Cc1ccc(S(=O)(=O)Oc2ccccc2F)cc1. The van der Waals surface area contributed by atoms with Crippen molar-refractivity contribution in [2.75, 3.05) is 0 Å². The summed E-state index contributed by atoms with van der Waals surface area (Å²) in [6.45, 7) is 1.84. The van der Waals surface area contributed by atoms with Gasteiger partial charge in [0.2, 0.25) is 0 Å². The average Bonchev–Trinajstić information content (AvgIpc) is 2.32. The number of hydrogen-bond acceptors (Lipinski definition) is 3. The Morgan fingerprint density at radius 2 is 1.61 bits per heavy atom. The molecule has 0 aliphatic heterocycles. The normalized spacial score (nSPS) is 11.2. The fraction of sp³-hybridized carbons (Fsp3) is 0.0769. The molecule has 0 saturated carbocycles. The lowest BCUT2D eigenvalue weighted by Crippen LogP contribution is -2.10. The van der Waals surface area contributed by atoms with Crippen LogP contribution in [0.1, 0.15) is 5.56 Å². The first kappa shape index (κ1) is 12.6. The second-order valence-electron chi connectivity index (χ2n) is 3.78. The van der Waals surface area contributed by atoms with Crippen molar-refractivity contribution < 1.29 is 17.0 Å². The maximum absolute atomic E-state index is 13.3. The fourth-order valence-corrected chi connectivity index (χ4v) is 2.32. The van der Waals surface area contributed by atoms with E-state index in [9.17, 15) is 12.8 Å². The second-order valence-corrected chi connectivity index (χ2v) is 5.33. The number of halogens is 1. The highest BCUT2D eigenvalue weighted by Crippen LogP contribution is 2.21. The molecule has 2 aromatic rings. The molecule has 0 spiro atoms. The Kier molecular flexibility index (Phi) is 3.34. The Bertz CT molecular complexity index is 648. The molecule has 0 bridgehead atoms. The Morgan fingerprint density at radius 1 is 1.00 bits per heavy atom. The molecule has 5 heteroatoms. The highest BCUT2D eigenvalue weighted by atomic mass is 32.2. The summed E-state index contributed by atoms with van der Waals surface area (Å²) < 4.78 is 41.8. The smallest absolute Gasteiger partial charge is 0.339 e. The minimum Gasteiger partial charge on any atom is -0.376 e. The first-order valence-corrected chi connectivity index (χ1v) is 6.65. The van der Waals surface area contributed by atoms with Crippen LogP contribution in [0.4, 0.5) is 4.39 Å². The first-order chi connectivity index (χ1) is 8.49. The zero-order chi connectivity index (χ0) is 13.2. The molecule has 2 aromatic carbocycles. The Morgan fingerprint density at radius 3 is 2.22 bits per heavy atom. The quantitative estimate of drug-likeness (QED) is 0.802. The maximum atomic E-state index is 13.3. The number of benzene rings is 2. The second kappa shape index (κ2) is 4.78. The number of rotatable bonds is 3. The van der Waals surface area contributed by atoms with Gasteiger partial charge < -0.3 is 4.18 Å². The van der Waals surface area contributed by atoms with E-state index in [1.54, 1.807) is 12.1 Å². The summed E-state index contributed by atoms with van der Waals surface area (Å²) in [7, 11) is -3.99. The third-order valence-electron chi connectivity index (χ3n) is 2.35. The standard InChI is InChI=1S/C13H11FO3S/c1-10-6-8-11(9-7-10)18(15,16)17-13-5-3-2-4-12(13)14/h2-9H,1H3. The van der Waals surface area contributed by atoms with E-state index in [-0.39, 0.29) is 10.6 Å². The molecule has 0 aliphatic carbocycles. The van der Waals surface area contributed by atoms with E-state index in [1.165, 1.54) is 30.3 Å². The summed E-state index contributed by atoms with van der Waals surface area (Å²) in [5, 5.41) is 0. The lowest BCUT2D eigenvalue weighted by Gasteiger charge is -2.07.